The van der Waals surface area contributed by atoms with Gasteiger partial charge in [-0.05, 0) is 6.92 Å². The first-order valence-electron chi connectivity index (χ1n) is 5.25. The Morgan fingerprint density at radius 1 is 1.59 bits per heavy atom. The molecule has 0 aliphatic rings. The molecule has 1 N–H and O–H groups in total. The van der Waals surface area contributed by atoms with Gasteiger partial charge in [0, 0.05) is 19.3 Å². The van der Waals surface area contributed by atoms with Crippen molar-refractivity contribution in [3.05, 3.63) is 0 Å². The van der Waals surface area contributed by atoms with Gasteiger partial charge in [-0.2, -0.15) is 5.26 Å². The molecule has 0 aliphatic carbocycles. The second-order valence-electron chi connectivity index (χ2n) is 3.62. The van der Waals surface area contributed by atoms with Crippen LogP contribution in [0.1, 0.15) is 27.2 Å². The minimum absolute atomic E-state index is 0.0212. The van der Waals surface area contributed by atoms with Crippen LogP contribution in [0.15, 0.2) is 0 Å². The van der Waals surface area contributed by atoms with Crippen LogP contribution >= 0.6 is 0 Å². The van der Waals surface area contributed by atoms with Crippen LogP contribution in [0.4, 0.5) is 0 Å². The topological polar surface area (TPSA) is 96.3 Å². The highest BCUT2D eigenvalue weighted by Crippen LogP contribution is 2.21. The standard InChI is InChI=1S/C11H16N2O4/c1-4-17-10(16)11(7-12,13-9(3)15)8(2)5-6-14/h6,8H,4-5H2,1-3H3,(H,13,15)/t8-,11+/m1/s1. The molecule has 0 fully saturated rings. The summed E-state index contributed by atoms with van der Waals surface area (Å²) in [4.78, 5) is 33.3. The molecule has 0 radical (unpaired) electrons. The first-order valence-corrected chi connectivity index (χ1v) is 5.25. The third kappa shape index (κ3) is 3.55. The summed E-state index contributed by atoms with van der Waals surface area (Å²) in [6, 6.07) is 1.75. The smallest absolute Gasteiger partial charge is 0.347 e. The Bertz CT molecular complexity index is 348. The Morgan fingerprint density at radius 3 is 2.53 bits per heavy atom. The first kappa shape index (κ1) is 15.1. The van der Waals surface area contributed by atoms with E-state index in [-0.39, 0.29) is 13.0 Å². The molecule has 1 amide bonds. The minimum atomic E-state index is -1.80. The SMILES string of the molecule is CCOC(=O)[C@@](C#N)(NC(C)=O)[C@H](C)CC=O. The lowest BCUT2D eigenvalue weighted by atomic mass is 9.84. The molecule has 0 heterocycles. The number of amides is 1. The fourth-order valence-electron chi connectivity index (χ4n) is 1.40. The number of hydrogen-bond acceptors (Lipinski definition) is 5. The summed E-state index contributed by atoms with van der Waals surface area (Å²) in [6.45, 7) is 4.41. The van der Waals surface area contributed by atoms with E-state index in [9.17, 15) is 14.4 Å². The van der Waals surface area contributed by atoms with Gasteiger partial charge in [-0.1, -0.05) is 6.92 Å². The molecule has 6 heteroatoms. The monoisotopic (exact) mass is 240 g/mol. The van der Waals surface area contributed by atoms with Gasteiger partial charge in [0.25, 0.3) is 0 Å². The zero-order valence-corrected chi connectivity index (χ0v) is 10.1. The van der Waals surface area contributed by atoms with Gasteiger partial charge >= 0.3 is 5.97 Å². The number of nitrogens with zero attached hydrogens (tertiary/aromatic N) is 1. The molecule has 0 saturated carbocycles. The fourth-order valence-corrected chi connectivity index (χ4v) is 1.40. The van der Waals surface area contributed by atoms with E-state index in [2.05, 4.69) is 5.32 Å². The van der Waals surface area contributed by atoms with Crippen molar-refractivity contribution in [2.24, 2.45) is 5.92 Å². The predicted molar refractivity (Wildman–Crippen MR) is 58.6 cm³/mol. The maximum Gasteiger partial charge on any atom is 0.347 e. The molecule has 0 aromatic carbocycles. The summed E-state index contributed by atoms with van der Waals surface area (Å²) in [5.74, 6) is -2.03. The third-order valence-corrected chi connectivity index (χ3v) is 2.34. The average molecular weight is 240 g/mol. The van der Waals surface area contributed by atoms with Crippen molar-refractivity contribution >= 4 is 18.2 Å². The minimum Gasteiger partial charge on any atom is -0.463 e. The van der Waals surface area contributed by atoms with Crippen LogP contribution < -0.4 is 5.32 Å². The number of rotatable bonds is 6. The van der Waals surface area contributed by atoms with Crippen LogP contribution in [0.2, 0.25) is 0 Å². The second kappa shape index (κ2) is 6.63. The molecule has 17 heavy (non-hydrogen) atoms. The summed E-state index contributed by atoms with van der Waals surface area (Å²) in [5.41, 5.74) is -1.80. The van der Waals surface area contributed by atoms with Crippen molar-refractivity contribution in [2.45, 2.75) is 32.7 Å². The van der Waals surface area contributed by atoms with Gasteiger partial charge < -0.3 is 14.8 Å². The highest BCUT2D eigenvalue weighted by Gasteiger charge is 2.46. The van der Waals surface area contributed by atoms with Gasteiger partial charge in [0.2, 0.25) is 11.4 Å². The highest BCUT2D eigenvalue weighted by molar-refractivity contribution is 5.90. The number of ether oxygens (including phenoxy) is 1. The number of esters is 1. The molecule has 0 spiro atoms. The fraction of sp³-hybridized carbons (Fsp3) is 0.636. The number of hydrogen-bond donors (Lipinski definition) is 1. The molecule has 0 rings (SSSR count). The first-order chi connectivity index (χ1) is 7.94. The largest absolute Gasteiger partial charge is 0.463 e. The van der Waals surface area contributed by atoms with Gasteiger partial charge in [-0.25, -0.2) is 4.79 Å². The lowest BCUT2D eigenvalue weighted by molar-refractivity contribution is -0.152. The van der Waals surface area contributed by atoms with E-state index in [1.54, 1.807) is 13.0 Å². The average Bonchev–Trinajstić information content (AvgIpc) is 2.26. The zero-order valence-electron chi connectivity index (χ0n) is 10.1. The molecule has 0 aromatic rings. The lowest BCUT2D eigenvalue weighted by Crippen LogP contribution is -2.58. The van der Waals surface area contributed by atoms with Crippen LogP contribution in [-0.2, 0) is 19.1 Å². The molecule has 0 unspecified atom stereocenters. The van der Waals surface area contributed by atoms with Crippen molar-refractivity contribution in [2.75, 3.05) is 6.61 Å². The second-order valence-corrected chi connectivity index (χ2v) is 3.62. The Morgan fingerprint density at radius 2 is 2.18 bits per heavy atom. The van der Waals surface area contributed by atoms with E-state index in [0.717, 1.165) is 0 Å². The van der Waals surface area contributed by atoms with Gasteiger partial charge in [0.15, 0.2) is 0 Å². The maximum absolute atomic E-state index is 11.8. The Kier molecular flexibility index (Phi) is 5.89. The molecular formula is C11H16N2O4. The third-order valence-electron chi connectivity index (χ3n) is 2.34. The van der Waals surface area contributed by atoms with Crippen LogP contribution in [0.3, 0.4) is 0 Å². The molecule has 94 valence electrons. The van der Waals surface area contributed by atoms with Crippen LogP contribution in [0, 0.1) is 17.2 Å². The molecule has 0 bridgehead atoms. The van der Waals surface area contributed by atoms with Crippen LogP contribution in [-0.4, -0.2) is 30.3 Å². The Labute approximate surface area is 99.9 Å². The maximum atomic E-state index is 11.8. The van der Waals surface area contributed by atoms with Crippen molar-refractivity contribution in [1.82, 2.24) is 5.32 Å². The van der Waals surface area contributed by atoms with Crippen LogP contribution in [0.5, 0.6) is 0 Å². The van der Waals surface area contributed by atoms with E-state index in [0.29, 0.717) is 6.29 Å². The van der Waals surface area contributed by atoms with Crippen LogP contribution in [0.25, 0.3) is 0 Å². The van der Waals surface area contributed by atoms with Crippen molar-refractivity contribution in [3.63, 3.8) is 0 Å². The Balaban J connectivity index is 5.28. The lowest BCUT2D eigenvalue weighted by Gasteiger charge is -2.29. The Hall–Kier alpha value is -1.90. The van der Waals surface area contributed by atoms with E-state index in [1.165, 1.54) is 13.8 Å². The molecule has 2 atom stereocenters. The molecule has 0 aromatic heterocycles. The quantitative estimate of drug-likeness (QED) is 0.527. The zero-order chi connectivity index (χ0) is 13.5. The molecule has 0 aliphatic heterocycles. The van der Waals surface area contributed by atoms with Gasteiger partial charge in [0.05, 0.1) is 6.61 Å². The molecule has 6 nitrogen and oxygen atoms in total. The highest BCUT2D eigenvalue weighted by atomic mass is 16.5. The van der Waals surface area contributed by atoms with E-state index in [4.69, 9.17) is 10.00 Å². The van der Waals surface area contributed by atoms with E-state index in [1.807, 2.05) is 0 Å². The number of nitriles is 1. The van der Waals surface area contributed by atoms with E-state index >= 15 is 0 Å². The normalized spacial score (nSPS) is 14.9. The number of nitrogens with one attached hydrogen (secondary N) is 1. The van der Waals surface area contributed by atoms with Gasteiger partial charge in [-0.3, -0.25) is 4.79 Å². The number of aldehydes is 1. The summed E-state index contributed by atoms with van der Waals surface area (Å²) in [7, 11) is 0. The summed E-state index contributed by atoms with van der Waals surface area (Å²) in [6.07, 6.45) is 0.574. The molecule has 0 saturated heterocycles. The van der Waals surface area contributed by atoms with E-state index < -0.39 is 23.3 Å². The summed E-state index contributed by atoms with van der Waals surface area (Å²) >= 11 is 0. The number of carbonyl (C=O) groups is 3. The van der Waals surface area contributed by atoms with Crippen molar-refractivity contribution < 1.29 is 19.1 Å². The van der Waals surface area contributed by atoms with Crippen molar-refractivity contribution in [1.29, 1.82) is 5.26 Å². The van der Waals surface area contributed by atoms with Gasteiger partial charge in [-0.15, -0.1) is 0 Å². The van der Waals surface area contributed by atoms with Gasteiger partial charge in [0.1, 0.15) is 12.4 Å². The summed E-state index contributed by atoms with van der Waals surface area (Å²) in [5, 5.41) is 11.4. The number of carbonyl (C=O) groups excluding carboxylic acids is 3. The summed E-state index contributed by atoms with van der Waals surface area (Å²) < 4.78 is 4.77. The predicted octanol–water partition coefficient (Wildman–Crippen LogP) is 0.173. The van der Waals surface area contributed by atoms with Crippen molar-refractivity contribution in [3.8, 4) is 6.07 Å². The molecular weight excluding hydrogens is 224 g/mol.